The zero-order valence-corrected chi connectivity index (χ0v) is 66.9. The van der Waals surface area contributed by atoms with Crippen molar-refractivity contribution in [3.05, 3.63) is 203 Å². The molecule has 2 N–H and O–H groups in total. The summed E-state index contributed by atoms with van der Waals surface area (Å²) in [7, 11) is -12.7. The van der Waals surface area contributed by atoms with Gasteiger partial charge in [0.05, 0.1) is 69.9 Å². The Hall–Kier alpha value is -6.17. The summed E-state index contributed by atoms with van der Waals surface area (Å²) >= 11 is 0. The molecule has 9 aromatic carbocycles. The topological polar surface area (TPSA) is 217 Å². The standard InChI is InChI=1S/C33H34N2O3S.C27H32O5S.C21H28O5S.2Na/c1-4-5-15-34-30-11-7-22(2)18-26(30)28-20-24(9-13-32(28)34)25-10-14-33-29(21-25)27-19-23(3)8-12-31(27)35(33)16-6-17-39(36,37)38;1-4-5-15-31-26-19-25(27(18-21(26)3)32-16-6-17-33(28,29)30)24-13-11-23(12-14-24)22-9-7-20(2)8-10-22;1-4-5-11-25-20-15-19(18-9-7-16(2)8-10-18)21(14-17(20)3)26-12-6-13-27(22,23)24;;/h7-14,18-21H,4-6,15-17H2,1-3H3,(H,36,37,38);7-14,18-19H,4-6,15-17H2,1-3H3,(H,28,29,30);7-10,14-15H,4-6,11-13H2,1-3H3,(H,22,23,24);;/q;;;2*+1/p-1. The maximum atomic E-state index is 11.2. The minimum atomic E-state index is -4.25. The number of ether oxygens (including phenoxy) is 4. The summed E-state index contributed by atoms with van der Waals surface area (Å²) in [6, 6.07) is 59.3. The van der Waals surface area contributed by atoms with Crippen LogP contribution in [0.1, 0.15) is 112 Å². The largest absolute Gasteiger partial charge is 1.00 e. The van der Waals surface area contributed by atoms with Crippen molar-refractivity contribution in [1.82, 2.24) is 0 Å². The summed E-state index contributed by atoms with van der Waals surface area (Å²) in [6.45, 7) is 22.0. The normalized spacial score (nSPS) is 13.3. The number of nitrogens with one attached hydrogen (secondary N) is 2. The molecule has 11 rings (SSSR count). The minimum Gasteiger partial charge on any atom is -0.748 e. The molecule has 2 atom stereocenters. The fourth-order valence-electron chi connectivity index (χ4n) is 12.5. The molecule has 0 amide bonds. The van der Waals surface area contributed by atoms with Gasteiger partial charge < -0.3 is 32.6 Å². The van der Waals surface area contributed by atoms with Crippen LogP contribution < -0.4 is 87.9 Å². The molecule has 0 bridgehead atoms. The number of quaternary nitrogens is 2. The van der Waals surface area contributed by atoms with Crippen LogP contribution in [0.15, 0.2) is 170 Å². The average Bonchev–Trinajstić information content (AvgIpc) is 1.59. The van der Waals surface area contributed by atoms with Crippen LogP contribution in [0.4, 0.5) is 22.7 Å². The molecule has 0 spiro atoms. The van der Waals surface area contributed by atoms with Gasteiger partial charge in [0.25, 0.3) is 0 Å². The number of rotatable bonds is 29. The summed E-state index contributed by atoms with van der Waals surface area (Å²) in [5, 5.41) is 0. The van der Waals surface area contributed by atoms with Crippen molar-refractivity contribution in [2.45, 2.75) is 120 Å². The Kier molecular flexibility index (Phi) is 30.9. The molecule has 20 heteroatoms. The molecular formula is C81H93N2Na2O13S3+. The quantitative estimate of drug-likeness (QED) is 0.0254. The zero-order chi connectivity index (χ0) is 71.0. The van der Waals surface area contributed by atoms with Crippen molar-refractivity contribution < 1.29 is 127 Å². The SMILES string of the molecule is CCCCOc1cc(-c2ccc(-c3ccc(C)cc3)cc2)c(OCCCS(=O)(=O)[O-])cc1C.CCCCOc1cc(-c2ccc(C)cc2)c(OCCCS(=O)(=O)[O-])cc1C.CCCC[NH+]1c2ccc(C)cc2-c2cc(-c3ccc4c(c3)-c3cc(C)ccc3[NH+]4CCCS(=O)(=O)[O-])ccc21.[Na+].[Na+]. The van der Waals surface area contributed by atoms with E-state index in [4.69, 9.17) is 18.9 Å². The molecular weight excluding hydrogens is 1350 g/mol. The van der Waals surface area contributed by atoms with E-state index in [9.17, 15) is 38.9 Å². The molecule has 0 radical (unpaired) electrons. The van der Waals surface area contributed by atoms with Crippen molar-refractivity contribution in [3.63, 3.8) is 0 Å². The Balaban J connectivity index is 0.000000214. The molecule has 9 aromatic rings. The third-order valence-electron chi connectivity index (χ3n) is 17.8. The Bertz CT molecular complexity index is 4610. The molecule has 2 unspecified atom stereocenters. The second-order valence-corrected chi connectivity index (χ2v) is 30.5. The van der Waals surface area contributed by atoms with Gasteiger partial charge in [0, 0.05) is 81.3 Å². The van der Waals surface area contributed by atoms with E-state index in [0.717, 1.165) is 110 Å². The molecule has 2 aliphatic heterocycles. The third kappa shape index (κ3) is 23.2. The number of hydrogen-bond acceptors (Lipinski definition) is 13. The van der Waals surface area contributed by atoms with Crippen LogP contribution in [-0.2, 0) is 30.4 Å². The number of aryl methyl sites for hydroxylation is 6. The fraction of sp³-hybridized carbons (Fsp3) is 0.333. The van der Waals surface area contributed by atoms with Crippen LogP contribution in [0.5, 0.6) is 23.0 Å². The first-order valence-electron chi connectivity index (χ1n) is 34.4. The van der Waals surface area contributed by atoms with Gasteiger partial charge in [-0.15, -0.1) is 0 Å². The molecule has 524 valence electrons. The number of unbranched alkanes of at least 4 members (excludes halogenated alkanes) is 3. The molecule has 2 aliphatic rings. The van der Waals surface area contributed by atoms with Crippen LogP contribution in [0.3, 0.4) is 0 Å². The molecule has 0 aromatic heterocycles. The van der Waals surface area contributed by atoms with Gasteiger partial charge in [-0.3, -0.25) is 9.80 Å². The molecule has 2 heterocycles. The molecule has 0 saturated heterocycles. The van der Waals surface area contributed by atoms with Crippen molar-refractivity contribution in [3.8, 4) is 89.8 Å². The maximum Gasteiger partial charge on any atom is 1.00 e. The number of fused-ring (bicyclic) bond motifs is 6. The van der Waals surface area contributed by atoms with E-state index in [2.05, 4.69) is 151 Å². The first-order valence-corrected chi connectivity index (χ1v) is 39.1. The van der Waals surface area contributed by atoms with E-state index in [-0.39, 0.29) is 90.9 Å². The van der Waals surface area contributed by atoms with Crippen LogP contribution in [0.25, 0.3) is 66.8 Å². The van der Waals surface area contributed by atoms with Crippen molar-refractivity contribution in [2.24, 2.45) is 0 Å². The van der Waals surface area contributed by atoms with E-state index in [1.807, 2.05) is 81.4 Å². The van der Waals surface area contributed by atoms with Gasteiger partial charge in [0.15, 0.2) is 0 Å². The van der Waals surface area contributed by atoms with Gasteiger partial charge in [-0.25, -0.2) is 25.3 Å². The van der Waals surface area contributed by atoms with Crippen LogP contribution in [0.2, 0.25) is 0 Å². The smallest absolute Gasteiger partial charge is 0.748 e. The van der Waals surface area contributed by atoms with Crippen LogP contribution >= 0.6 is 0 Å². The zero-order valence-electron chi connectivity index (χ0n) is 60.4. The fourth-order valence-corrected chi connectivity index (χ4v) is 13.9. The Morgan fingerprint density at radius 1 is 0.297 bits per heavy atom. The monoisotopic (exact) mass is 1440 g/mol. The van der Waals surface area contributed by atoms with E-state index < -0.39 is 41.9 Å². The van der Waals surface area contributed by atoms with Gasteiger partial charge >= 0.3 is 59.1 Å². The van der Waals surface area contributed by atoms with Gasteiger partial charge in [-0.2, -0.15) is 0 Å². The summed E-state index contributed by atoms with van der Waals surface area (Å²) in [5.41, 5.74) is 25.1. The van der Waals surface area contributed by atoms with Gasteiger partial charge in [-0.05, 0) is 179 Å². The number of benzene rings is 9. The maximum absolute atomic E-state index is 11.2. The number of hydrogen-bond donors (Lipinski definition) is 2. The van der Waals surface area contributed by atoms with E-state index in [1.54, 1.807) is 0 Å². The van der Waals surface area contributed by atoms with Gasteiger partial charge in [0.1, 0.15) is 45.7 Å². The summed E-state index contributed by atoms with van der Waals surface area (Å²) in [5.74, 6) is 1.71. The van der Waals surface area contributed by atoms with Crippen molar-refractivity contribution in [1.29, 1.82) is 0 Å². The van der Waals surface area contributed by atoms with Crippen molar-refractivity contribution in [2.75, 3.05) is 56.8 Å². The van der Waals surface area contributed by atoms with Crippen LogP contribution in [-0.4, -0.2) is 95.7 Å². The first-order chi connectivity index (χ1) is 47.3. The van der Waals surface area contributed by atoms with Gasteiger partial charge in [-0.1, -0.05) is 147 Å². The molecule has 15 nitrogen and oxygen atoms in total. The molecule has 0 fully saturated rings. The average molecular weight is 1440 g/mol. The predicted octanol–water partition coefficient (Wildman–Crippen LogP) is 9.96. The Labute approximate surface area is 643 Å². The summed E-state index contributed by atoms with van der Waals surface area (Å²) in [4.78, 5) is 2.59. The van der Waals surface area contributed by atoms with E-state index in [1.165, 1.54) is 79.2 Å². The first kappa shape index (κ1) is 82.1. The van der Waals surface area contributed by atoms with E-state index >= 15 is 0 Å². The van der Waals surface area contributed by atoms with Crippen LogP contribution in [0, 0.1) is 41.5 Å². The molecule has 101 heavy (non-hydrogen) atoms. The molecule has 0 saturated carbocycles. The Morgan fingerprint density at radius 2 is 0.584 bits per heavy atom. The second-order valence-electron chi connectivity index (χ2n) is 25.9. The van der Waals surface area contributed by atoms with Crippen molar-refractivity contribution >= 4 is 53.1 Å². The van der Waals surface area contributed by atoms with E-state index in [0.29, 0.717) is 37.7 Å². The summed E-state index contributed by atoms with van der Waals surface area (Å²) in [6.07, 6.45) is 7.08. The second kappa shape index (κ2) is 38.0. The Morgan fingerprint density at radius 3 is 0.960 bits per heavy atom. The minimum absolute atomic E-state index is 0. The molecule has 0 aliphatic carbocycles. The predicted molar refractivity (Wildman–Crippen MR) is 395 cm³/mol. The van der Waals surface area contributed by atoms with Gasteiger partial charge in [0.2, 0.25) is 0 Å². The summed E-state index contributed by atoms with van der Waals surface area (Å²) < 4.78 is 122. The third-order valence-corrected chi connectivity index (χ3v) is 20.2.